The van der Waals surface area contributed by atoms with Crippen LogP contribution >= 0.6 is 0 Å². The van der Waals surface area contributed by atoms with Crippen molar-refractivity contribution < 1.29 is 18.8 Å². The summed E-state index contributed by atoms with van der Waals surface area (Å²) in [5.41, 5.74) is 1.60. The van der Waals surface area contributed by atoms with E-state index < -0.39 is 5.92 Å². The molecular formula is C19H17FN2O3. The Morgan fingerprint density at radius 2 is 1.88 bits per heavy atom. The summed E-state index contributed by atoms with van der Waals surface area (Å²) in [6.07, 6.45) is 0.0929. The number of Topliss-reactive ketones (excluding diaryl/α,β-unsaturated/α-hetero) is 1. The van der Waals surface area contributed by atoms with Crippen molar-refractivity contribution in [2.45, 2.75) is 13.3 Å². The van der Waals surface area contributed by atoms with E-state index in [1.807, 2.05) is 0 Å². The number of ketones is 1. The van der Waals surface area contributed by atoms with Crippen molar-refractivity contribution in [3.63, 3.8) is 0 Å². The number of halogens is 1. The first-order valence-electron chi connectivity index (χ1n) is 7.92. The largest absolute Gasteiger partial charge is 0.326 e. The van der Waals surface area contributed by atoms with Crippen LogP contribution in [0.1, 0.15) is 23.7 Å². The third-order valence-electron chi connectivity index (χ3n) is 4.17. The first-order valence-corrected chi connectivity index (χ1v) is 7.92. The van der Waals surface area contributed by atoms with E-state index in [2.05, 4.69) is 5.32 Å². The van der Waals surface area contributed by atoms with Gasteiger partial charge in [0, 0.05) is 29.9 Å². The van der Waals surface area contributed by atoms with Crippen LogP contribution in [0.4, 0.5) is 15.8 Å². The second-order valence-electron chi connectivity index (χ2n) is 6.01. The molecule has 128 valence electrons. The quantitative estimate of drug-likeness (QED) is 0.870. The van der Waals surface area contributed by atoms with Crippen LogP contribution in [0.25, 0.3) is 0 Å². The summed E-state index contributed by atoms with van der Waals surface area (Å²) in [5.74, 6) is -1.42. The van der Waals surface area contributed by atoms with Crippen LogP contribution in [0.2, 0.25) is 0 Å². The molecule has 2 amide bonds. The molecule has 1 N–H and O–H groups in total. The molecule has 25 heavy (non-hydrogen) atoms. The van der Waals surface area contributed by atoms with Gasteiger partial charge in [0.1, 0.15) is 5.82 Å². The zero-order valence-corrected chi connectivity index (χ0v) is 13.7. The van der Waals surface area contributed by atoms with Crippen LogP contribution in [0.3, 0.4) is 0 Å². The van der Waals surface area contributed by atoms with Crippen LogP contribution in [0.5, 0.6) is 0 Å². The van der Waals surface area contributed by atoms with Gasteiger partial charge in [-0.3, -0.25) is 14.4 Å². The third kappa shape index (κ3) is 3.74. The fourth-order valence-electron chi connectivity index (χ4n) is 2.81. The lowest BCUT2D eigenvalue weighted by molar-refractivity contribution is -0.122. The number of rotatable bonds is 4. The van der Waals surface area contributed by atoms with Crippen molar-refractivity contribution in [3.8, 4) is 0 Å². The molecule has 1 atom stereocenters. The maximum Gasteiger partial charge on any atom is 0.229 e. The Morgan fingerprint density at radius 3 is 2.56 bits per heavy atom. The first-order chi connectivity index (χ1) is 11.9. The van der Waals surface area contributed by atoms with Gasteiger partial charge in [0.2, 0.25) is 11.8 Å². The highest BCUT2D eigenvalue weighted by atomic mass is 19.1. The van der Waals surface area contributed by atoms with Gasteiger partial charge in [-0.05, 0) is 43.3 Å². The third-order valence-corrected chi connectivity index (χ3v) is 4.17. The van der Waals surface area contributed by atoms with Crippen molar-refractivity contribution in [2.24, 2.45) is 5.92 Å². The second kappa shape index (κ2) is 6.84. The molecule has 2 aromatic rings. The standard InChI is InChI=1S/C19H17FN2O3/c1-12(23)13-3-2-4-16(9-13)21-19(25)14-10-18(24)22(11-14)17-7-5-15(20)6-8-17/h2-9,14H,10-11H2,1H3,(H,21,25). The number of carbonyl (C=O) groups excluding carboxylic acids is 3. The summed E-state index contributed by atoms with van der Waals surface area (Å²) in [5, 5.41) is 2.75. The highest BCUT2D eigenvalue weighted by Gasteiger charge is 2.35. The second-order valence-corrected chi connectivity index (χ2v) is 6.01. The number of benzene rings is 2. The van der Waals surface area contributed by atoms with E-state index in [0.29, 0.717) is 16.9 Å². The van der Waals surface area contributed by atoms with E-state index in [-0.39, 0.29) is 36.4 Å². The van der Waals surface area contributed by atoms with Crippen molar-refractivity contribution in [1.82, 2.24) is 0 Å². The Bertz CT molecular complexity index is 833. The van der Waals surface area contributed by atoms with Crippen LogP contribution in [0, 0.1) is 11.7 Å². The number of anilines is 2. The monoisotopic (exact) mass is 340 g/mol. The Hall–Kier alpha value is -3.02. The first kappa shape index (κ1) is 16.8. The van der Waals surface area contributed by atoms with Crippen LogP contribution < -0.4 is 10.2 Å². The minimum Gasteiger partial charge on any atom is -0.326 e. The van der Waals surface area contributed by atoms with Gasteiger partial charge in [0.15, 0.2) is 5.78 Å². The topological polar surface area (TPSA) is 66.5 Å². The van der Waals surface area contributed by atoms with E-state index in [1.54, 1.807) is 24.3 Å². The van der Waals surface area contributed by atoms with Crippen LogP contribution in [0.15, 0.2) is 48.5 Å². The van der Waals surface area contributed by atoms with Crippen molar-refractivity contribution in [3.05, 3.63) is 59.9 Å². The zero-order chi connectivity index (χ0) is 18.0. The summed E-state index contributed by atoms with van der Waals surface area (Å²) in [6, 6.07) is 12.3. The van der Waals surface area contributed by atoms with E-state index in [9.17, 15) is 18.8 Å². The molecule has 1 fully saturated rings. The molecule has 5 nitrogen and oxygen atoms in total. The van der Waals surface area contributed by atoms with Gasteiger partial charge in [0.25, 0.3) is 0 Å². The lowest BCUT2D eigenvalue weighted by Gasteiger charge is -2.16. The minimum atomic E-state index is -0.501. The van der Waals surface area contributed by atoms with E-state index in [4.69, 9.17) is 0 Å². The van der Waals surface area contributed by atoms with Gasteiger partial charge in [0.05, 0.1) is 5.92 Å². The zero-order valence-electron chi connectivity index (χ0n) is 13.7. The average molecular weight is 340 g/mol. The Morgan fingerprint density at radius 1 is 1.16 bits per heavy atom. The molecule has 0 radical (unpaired) electrons. The molecule has 1 aliphatic heterocycles. The highest BCUT2D eigenvalue weighted by molar-refractivity contribution is 6.04. The summed E-state index contributed by atoms with van der Waals surface area (Å²) in [4.78, 5) is 37.5. The molecule has 0 saturated carbocycles. The molecule has 2 aromatic carbocycles. The molecule has 0 aromatic heterocycles. The van der Waals surface area contributed by atoms with Crippen molar-refractivity contribution in [2.75, 3.05) is 16.8 Å². The van der Waals surface area contributed by atoms with Crippen molar-refractivity contribution >= 4 is 29.0 Å². The molecule has 1 aliphatic rings. The number of hydrogen-bond donors (Lipinski definition) is 1. The molecule has 3 rings (SSSR count). The van der Waals surface area contributed by atoms with E-state index >= 15 is 0 Å². The van der Waals surface area contributed by atoms with Crippen LogP contribution in [-0.2, 0) is 9.59 Å². The molecule has 0 aliphatic carbocycles. The summed E-state index contributed by atoms with van der Waals surface area (Å²) >= 11 is 0. The number of hydrogen-bond acceptors (Lipinski definition) is 3. The average Bonchev–Trinajstić information content (AvgIpc) is 2.98. The summed E-state index contributed by atoms with van der Waals surface area (Å²) in [7, 11) is 0. The molecule has 1 unspecified atom stereocenters. The molecule has 1 heterocycles. The Labute approximate surface area is 144 Å². The van der Waals surface area contributed by atoms with E-state index in [0.717, 1.165) is 0 Å². The number of nitrogens with zero attached hydrogens (tertiary/aromatic N) is 1. The summed E-state index contributed by atoms with van der Waals surface area (Å²) in [6.45, 7) is 1.69. The smallest absolute Gasteiger partial charge is 0.229 e. The Balaban J connectivity index is 1.69. The van der Waals surface area contributed by atoms with Crippen molar-refractivity contribution in [1.29, 1.82) is 0 Å². The normalized spacial score (nSPS) is 16.8. The molecule has 1 saturated heterocycles. The fraction of sp³-hybridized carbons (Fsp3) is 0.211. The minimum absolute atomic E-state index is 0.0883. The van der Waals surface area contributed by atoms with Gasteiger partial charge >= 0.3 is 0 Å². The van der Waals surface area contributed by atoms with Gasteiger partial charge in [-0.15, -0.1) is 0 Å². The SMILES string of the molecule is CC(=O)c1cccc(NC(=O)C2CC(=O)N(c3ccc(F)cc3)C2)c1. The predicted octanol–water partition coefficient (Wildman–Crippen LogP) is 3.02. The lowest BCUT2D eigenvalue weighted by atomic mass is 10.1. The summed E-state index contributed by atoms with van der Waals surface area (Å²) < 4.78 is 13.0. The number of amides is 2. The predicted molar refractivity (Wildman–Crippen MR) is 91.9 cm³/mol. The van der Waals surface area contributed by atoms with E-state index in [1.165, 1.54) is 36.1 Å². The van der Waals surface area contributed by atoms with Gasteiger partial charge < -0.3 is 10.2 Å². The van der Waals surface area contributed by atoms with Crippen LogP contribution in [-0.4, -0.2) is 24.1 Å². The van der Waals surface area contributed by atoms with Gasteiger partial charge in [-0.25, -0.2) is 4.39 Å². The maximum absolute atomic E-state index is 13.0. The maximum atomic E-state index is 13.0. The fourth-order valence-corrected chi connectivity index (χ4v) is 2.81. The number of carbonyl (C=O) groups is 3. The molecule has 0 bridgehead atoms. The van der Waals surface area contributed by atoms with Gasteiger partial charge in [-0.2, -0.15) is 0 Å². The number of nitrogens with one attached hydrogen (secondary N) is 1. The van der Waals surface area contributed by atoms with Gasteiger partial charge in [-0.1, -0.05) is 12.1 Å². The lowest BCUT2D eigenvalue weighted by Crippen LogP contribution is -2.28. The molecular weight excluding hydrogens is 323 g/mol. The molecule has 0 spiro atoms. The highest BCUT2D eigenvalue weighted by Crippen LogP contribution is 2.26. The Kier molecular flexibility index (Phi) is 4.61. The molecule has 6 heteroatoms.